The largest absolute Gasteiger partial charge is 0.490 e. The van der Waals surface area contributed by atoms with E-state index in [1.807, 2.05) is 37.3 Å². The van der Waals surface area contributed by atoms with Crippen LogP contribution in [-0.2, 0) is 6.61 Å². The van der Waals surface area contributed by atoms with E-state index >= 15 is 0 Å². The highest BCUT2D eigenvalue weighted by Crippen LogP contribution is 2.29. The highest BCUT2D eigenvalue weighted by molar-refractivity contribution is 5.80. The van der Waals surface area contributed by atoms with Gasteiger partial charge in [0.05, 0.1) is 12.8 Å². The van der Waals surface area contributed by atoms with Crippen molar-refractivity contribution in [1.82, 2.24) is 14.9 Å². The zero-order chi connectivity index (χ0) is 17.5. The van der Waals surface area contributed by atoms with Crippen LogP contribution in [0.1, 0.15) is 23.6 Å². The van der Waals surface area contributed by atoms with E-state index in [1.165, 1.54) is 22.9 Å². The van der Waals surface area contributed by atoms with Gasteiger partial charge >= 0.3 is 0 Å². The fourth-order valence-electron chi connectivity index (χ4n) is 2.31. The van der Waals surface area contributed by atoms with Gasteiger partial charge in [0, 0.05) is 0 Å². The van der Waals surface area contributed by atoms with Crippen LogP contribution in [-0.4, -0.2) is 27.7 Å². The van der Waals surface area contributed by atoms with Crippen LogP contribution in [0.4, 0.5) is 0 Å². The number of hydrogen-bond donors (Lipinski definition) is 0. The van der Waals surface area contributed by atoms with E-state index in [-0.39, 0.29) is 0 Å². The lowest BCUT2D eigenvalue weighted by atomic mass is 10.1. The average Bonchev–Trinajstić information content (AvgIpc) is 3.14. The van der Waals surface area contributed by atoms with Gasteiger partial charge in [-0.05, 0) is 48.7 Å². The van der Waals surface area contributed by atoms with Gasteiger partial charge in [0.1, 0.15) is 19.3 Å². The highest BCUT2D eigenvalue weighted by Gasteiger charge is 2.07. The van der Waals surface area contributed by atoms with Crippen LogP contribution < -0.4 is 9.47 Å². The van der Waals surface area contributed by atoms with Crippen molar-refractivity contribution in [2.45, 2.75) is 20.5 Å². The summed E-state index contributed by atoms with van der Waals surface area (Å²) in [6.45, 7) is 5.09. The maximum atomic E-state index is 5.97. The van der Waals surface area contributed by atoms with E-state index in [0.29, 0.717) is 24.7 Å². The predicted molar refractivity (Wildman–Crippen MR) is 96.1 cm³/mol. The van der Waals surface area contributed by atoms with Crippen molar-refractivity contribution < 1.29 is 9.47 Å². The second-order valence-electron chi connectivity index (χ2n) is 5.44. The Kier molecular flexibility index (Phi) is 5.41. The van der Waals surface area contributed by atoms with Gasteiger partial charge in [-0.15, -0.1) is 10.2 Å². The van der Waals surface area contributed by atoms with E-state index in [0.717, 1.165) is 11.1 Å². The zero-order valence-electron chi connectivity index (χ0n) is 14.3. The fraction of sp³-hybridized carbons (Fsp3) is 0.211. The van der Waals surface area contributed by atoms with E-state index in [2.05, 4.69) is 34.4 Å². The van der Waals surface area contributed by atoms with Crippen molar-refractivity contribution in [2.24, 2.45) is 5.10 Å². The van der Waals surface area contributed by atoms with Gasteiger partial charge in [-0.3, -0.25) is 0 Å². The van der Waals surface area contributed by atoms with Crippen LogP contribution in [0, 0.1) is 6.92 Å². The van der Waals surface area contributed by atoms with Gasteiger partial charge in [-0.25, -0.2) is 4.68 Å². The first-order valence-electron chi connectivity index (χ1n) is 8.09. The molecule has 3 aromatic rings. The lowest BCUT2D eigenvalue weighted by Gasteiger charge is -2.13. The molecule has 0 aliphatic carbocycles. The summed E-state index contributed by atoms with van der Waals surface area (Å²) in [6, 6.07) is 13.9. The van der Waals surface area contributed by atoms with E-state index in [9.17, 15) is 0 Å². The molecule has 0 saturated carbocycles. The molecular weight excluding hydrogens is 316 g/mol. The molecule has 0 unspecified atom stereocenters. The first-order valence-corrected chi connectivity index (χ1v) is 8.09. The van der Waals surface area contributed by atoms with Crippen LogP contribution in [0.2, 0.25) is 0 Å². The van der Waals surface area contributed by atoms with Gasteiger partial charge < -0.3 is 9.47 Å². The molecule has 0 amide bonds. The third-order valence-corrected chi connectivity index (χ3v) is 3.66. The third kappa shape index (κ3) is 4.44. The second kappa shape index (κ2) is 8.10. The summed E-state index contributed by atoms with van der Waals surface area (Å²) in [5.74, 6) is 1.41. The van der Waals surface area contributed by atoms with E-state index < -0.39 is 0 Å². The summed E-state index contributed by atoms with van der Waals surface area (Å²) in [5, 5.41) is 11.7. The molecule has 0 bridgehead atoms. The Morgan fingerprint density at radius 3 is 2.60 bits per heavy atom. The molecule has 3 rings (SSSR count). The Balaban J connectivity index is 1.76. The Hall–Kier alpha value is -3.15. The number of aryl methyl sites for hydroxylation is 1. The number of nitrogens with zero attached hydrogens (tertiary/aromatic N) is 4. The van der Waals surface area contributed by atoms with Gasteiger partial charge in [0.15, 0.2) is 11.5 Å². The molecule has 1 aromatic heterocycles. The molecule has 1 heterocycles. The smallest absolute Gasteiger partial charge is 0.161 e. The van der Waals surface area contributed by atoms with Crippen molar-refractivity contribution in [3.05, 3.63) is 71.8 Å². The molecule has 0 aliphatic heterocycles. The summed E-state index contributed by atoms with van der Waals surface area (Å²) >= 11 is 0. The number of aromatic nitrogens is 3. The molecular formula is C19H20N4O2. The minimum atomic E-state index is 0.501. The normalized spacial score (nSPS) is 11.0. The Morgan fingerprint density at radius 2 is 1.84 bits per heavy atom. The zero-order valence-corrected chi connectivity index (χ0v) is 14.3. The minimum Gasteiger partial charge on any atom is -0.490 e. The van der Waals surface area contributed by atoms with Crippen LogP contribution in [0.3, 0.4) is 0 Å². The Labute approximate surface area is 146 Å². The minimum absolute atomic E-state index is 0.501. The Morgan fingerprint density at radius 1 is 1.04 bits per heavy atom. The maximum absolute atomic E-state index is 5.97. The quantitative estimate of drug-likeness (QED) is 0.620. The number of benzene rings is 2. The molecule has 0 aliphatic rings. The number of ether oxygens (including phenoxy) is 2. The monoisotopic (exact) mass is 336 g/mol. The number of rotatable bonds is 7. The number of hydrogen-bond acceptors (Lipinski definition) is 5. The van der Waals surface area contributed by atoms with Crippen LogP contribution in [0.25, 0.3) is 0 Å². The molecule has 0 N–H and O–H groups in total. The highest BCUT2D eigenvalue weighted by atomic mass is 16.5. The van der Waals surface area contributed by atoms with Crippen molar-refractivity contribution in [3.63, 3.8) is 0 Å². The molecule has 128 valence electrons. The molecule has 0 spiro atoms. The van der Waals surface area contributed by atoms with Crippen LogP contribution >= 0.6 is 0 Å². The molecule has 2 aromatic carbocycles. The average molecular weight is 336 g/mol. The van der Waals surface area contributed by atoms with Gasteiger partial charge in [-0.1, -0.05) is 24.3 Å². The molecule has 0 fully saturated rings. The van der Waals surface area contributed by atoms with Gasteiger partial charge in [0.2, 0.25) is 0 Å². The summed E-state index contributed by atoms with van der Waals surface area (Å²) in [4.78, 5) is 0. The molecule has 25 heavy (non-hydrogen) atoms. The topological polar surface area (TPSA) is 61.5 Å². The lowest BCUT2D eigenvalue weighted by Crippen LogP contribution is -2.01. The summed E-state index contributed by atoms with van der Waals surface area (Å²) < 4.78 is 13.2. The molecule has 6 heteroatoms. The van der Waals surface area contributed by atoms with Crippen molar-refractivity contribution >= 4 is 6.21 Å². The summed E-state index contributed by atoms with van der Waals surface area (Å²) in [6.07, 6.45) is 4.77. The SMILES string of the molecule is CCOc1cc(/C=N\n2cnnc2)ccc1OCc1ccccc1C. The fourth-order valence-corrected chi connectivity index (χ4v) is 2.31. The van der Waals surface area contributed by atoms with E-state index in [4.69, 9.17) is 9.47 Å². The lowest BCUT2D eigenvalue weighted by molar-refractivity contribution is 0.269. The van der Waals surface area contributed by atoms with E-state index in [1.54, 1.807) is 6.21 Å². The first-order chi connectivity index (χ1) is 12.3. The van der Waals surface area contributed by atoms with Crippen molar-refractivity contribution in [2.75, 3.05) is 6.61 Å². The standard InChI is InChI=1S/C19H20N4O2/c1-3-24-19-10-16(11-22-23-13-20-21-14-23)8-9-18(19)25-12-17-7-5-4-6-15(17)2/h4-11,13-14H,3,12H2,1-2H3/b22-11-. The molecule has 0 atom stereocenters. The summed E-state index contributed by atoms with van der Waals surface area (Å²) in [7, 11) is 0. The maximum Gasteiger partial charge on any atom is 0.161 e. The third-order valence-electron chi connectivity index (χ3n) is 3.66. The van der Waals surface area contributed by atoms with Crippen LogP contribution in [0.5, 0.6) is 11.5 Å². The predicted octanol–water partition coefficient (Wildman–Crippen LogP) is 3.45. The molecule has 0 saturated heterocycles. The summed E-state index contributed by atoms with van der Waals surface area (Å²) in [5.41, 5.74) is 3.27. The Bertz CT molecular complexity index is 844. The van der Waals surface area contributed by atoms with Gasteiger partial charge in [0.25, 0.3) is 0 Å². The van der Waals surface area contributed by atoms with Gasteiger partial charge in [-0.2, -0.15) is 5.10 Å². The molecule has 6 nitrogen and oxygen atoms in total. The second-order valence-corrected chi connectivity index (χ2v) is 5.44. The van der Waals surface area contributed by atoms with Crippen LogP contribution in [0.15, 0.2) is 60.2 Å². The molecule has 0 radical (unpaired) electrons. The van der Waals surface area contributed by atoms with Crippen molar-refractivity contribution in [1.29, 1.82) is 0 Å². The van der Waals surface area contributed by atoms with Crippen molar-refractivity contribution in [3.8, 4) is 11.5 Å². The first kappa shape index (κ1) is 16.7.